The Balaban J connectivity index is 1.80. The van der Waals surface area contributed by atoms with E-state index in [1.165, 1.54) is 11.0 Å². The van der Waals surface area contributed by atoms with Crippen LogP contribution in [0.3, 0.4) is 0 Å². The Labute approximate surface area is 159 Å². The van der Waals surface area contributed by atoms with Crippen LogP contribution in [0.4, 0.5) is 13.6 Å². The molecule has 0 bridgehead atoms. The molecule has 3 heterocycles. The highest BCUT2D eigenvalue weighted by Crippen LogP contribution is 2.33. The number of carbonyl (C=O) groups excluding carboxylic acids is 2. The van der Waals surface area contributed by atoms with Crippen LogP contribution in [0.1, 0.15) is 32.4 Å². The van der Waals surface area contributed by atoms with Gasteiger partial charge in [0.2, 0.25) is 0 Å². The molecule has 1 aliphatic rings. The number of nitrogens with zero attached hydrogens (tertiary/aromatic N) is 4. The third kappa shape index (κ3) is 3.69. The third-order valence-electron chi connectivity index (χ3n) is 4.05. The van der Waals surface area contributed by atoms with Gasteiger partial charge in [0.1, 0.15) is 5.60 Å². The molecule has 0 aliphatic carbocycles. The molecule has 0 atom stereocenters. The van der Waals surface area contributed by atoms with Crippen LogP contribution >= 0.6 is 0 Å². The molecule has 1 aliphatic heterocycles. The predicted molar refractivity (Wildman–Crippen MR) is 92.3 cm³/mol. The van der Waals surface area contributed by atoms with Gasteiger partial charge in [-0.2, -0.15) is 8.78 Å². The smallest absolute Gasteiger partial charge is 0.410 e. The van der Waals surface area contributed by atoms with Crippen molar-refractivity contribution in [3.05, 3.63) is 23.7 Å². The van der Waals surface area contributed by atoms with E-state index in [2.05, 4.69) is 10.2 Å². The maximum atomic E-state index is 14.0. The lowest BCUT2D eigenvalue weighted by Crippen LogP contribution is -2.41. The minimum absolute atomic E-state index is 0.0584. The Hall–Kier alpha value is -2.98. The molecule has 2 aromatic heterocycles. The lowest BCUT2D eigenvalue weighted by Gasteiger charge is -2.30. The van der Waals surface area contributed by atoms with Crippen LogP contribution in [-0.4, -0.2) is 50.9 Å². The summed E-state index contributed by atoms with van der Waals surface area (Å²) in [7, 11) is 1.12. The minimum atomic E-state index is -3.80. The number of aromatic nitrogens is 3. The fraction of sp³-hybridized carbons (Fsp3) is 0.529. The first kappa shape index (κ1) is 19.8. The van der Waals surface area contributed by atoms with E-state index in [9.17, 15) is 18.4 Å². The molecular weight excluding hydrogens is 376 g/mol. The molecule has 3 rings (SSSR count). The van der Waals surface area contributed by atoms with Gasteiger partial charge < -0.3 is 19.0 Å². The number of furan rings is 1. The molecule has 1 N–H and O–H groups in total. The summed E-state index contributed by atoms with van der Waals surface area (Å²) < 4.78 is 40.2. The second-order valence-electron chi connectivity index (χ2n) is 7.31. The first-order valence-corrected chi connectivity index (χ1v) is 8.63. The first-order chi connectivity index (χ1) is 13.0. The van der Waals surface area contributed by atoms with Crippen molar-refractivity contribution >= 4 is 12.0 Å². The van der Waals surface area contributed by atoms with E-state index < -0.39 is 29.3 Å². The lowest BCUT2D eigenvalue weighted by atomic mass is 10.2. The van der Waals surface area contributed by atoms with Crippen LogP contribution in [0.2, 0.25) is 0 Å². The maximum Gasteiger partial charge on any atom is 0.410 e. The number of nitrogens with one attached hydrogen (secondary N) is 1. The number of halogens is 2. The highest BCUT2D eigenvalue weighted by atomic mass is 19.3. The second kappa shape index (κ2) is 6.88. The summed E-state index contributed by atoms with van der Waals surface area (Å²) in [6, 6.07) is 2.34. The molecular formula is C17H21F2N5O4. The molecule has 28 heavy (non-hydrogen) atoms. The number of hydrogen-bond acceptors (Lipinski definition) is 6. The fourth-order valence-corrected chi connectivity index (χ4v) is 2.72. The van der Waals surface area contributed by atoms with Crippen molar-refractivity contribution in [1.82, 2.24) is 25.0 Å². The van der Waals surface area contributed by atoms with Crippen molar-refractivity contribution in [2.45, 2.75) is 45.4 Å². The normalized spacial score (nSPS) is 14.6. The van der Waals surface area contributed by atoms with E-state index in [-0.39, 0.29) is 18.1 Å². The average Bonchev–Trinajstić information content (AvgIpc) is 3.25. The Bertz CT molecular complexity index is 900. The molecule has 11 heteroatoms. The monoisotopic (exact) mass is 397 g/mol. The molecule has 0 unspecified atom stereocenters. The van der Waals surface area contributed by atoms with Gasteiger partial charge in [-0.25, -0.2) is 4.79 Å². The lowest BCUT2D eigenvalue weighted by molar-refractivity contribution is -0.148. The van der Waals surface area contributed by atoms with Gasteiger partial charge >= 0.3 is 12.0 Å². The van der Waals surface area contributed by atoms with Crippen molar-refractivity contribution in [2.24, 2.45) is 0 Å². The number of alkyl halides is 2. The first-order valence-electron chi connectivity index (χ1n) is 8.63. The molecule has 0 saturated carbocycles. The number of amides is 2. The summed E-state index contributed by atoms with van der Waals surface area (Å²) in [6.07, 6.45) is -0.464. The van der Waals surface area contributed by atoms with Crippen molar-refractivity contribution in [3.63, 3.8) is 0 Å². The zero-order valence-corrected chi connectivity index (χ0v) is 16.0. The van der Waals surface area contributed by atoms with Crippen LogP contribution in [0.25, 0.3) is 11.6 Å². The number of likely N-dealkylation sites (N-methyl/N-ethyl adjacent to an activating group) is 1. The van der Waals surface area contributed by atoms with Crippen LogP contribution in [0, 0.1) is 0 Å². The van der Waals surface area contributed by atoms with E-state index >= 15 is 0 Å². The van der Waals surface area contributed by atoms with Gasteiger partial charge in [0.05, 0.1) is 6.54 Å². The van der Waals surface area contributed by atoms with Crippen LogP contribution in [-0.2, 0) is 28.5 Å². The van der Waals surface area contributed by atoms with Gasteiger partial charge in [-0.05, 0) is 32.9 Å². The van der Waals surface area contributed by atoms with Crippen LogP contribution < -0.4 is 5.32 Å². The van der Waals surface area contributed by atoms with Gasteiger partial charge in [0.15, 0.2) is 23.2 Å². The number of ether oxygens (including phenoxy) is 1. The molecule has 2 aromatic rings. The summed E-state index contributed by atoms with van der Waals surface area (Å²) in [6.45, 7) is 6.19. The second-order valence-corrected chi connectivity index (χ2v) is 7.31. The van der Waals surface area contributed by atoms with E-state index in [0.717, 1.165) is 13.1 Å². The summed E-state index contributed by atoms with van der Waals surface area (Å²) in [5.41, 5.74) is -0.617. The highest BCUT2D eigenvalue weighted by Gasteiger charge is 2.44. The van der Waals surface area contributed by atoms with Gasteiger partial charge in [0, 0.05) is 20.1 Å². The topological polar surface area (TPSA) is 102 Å². The molecule has 0 saturated heterocycles. The van der Waals surface area contributed by atoms with Gasteiger partial charge in [-0.15, -0.1) is 10.2 Å². The zero-order valence-electron chi connectivity index (χ0n) is 16.0. The van der Waals surface area contributed by atoms with Gasteiger partial charge in [-0.1, -0.05) is 0 Å². The molecule has 0 fully saturated rings. The molecule has 9 nitrogen and oxygen atoms in total. The SMILES string of the molecule is CNC(=O)C(F)(F)c1ccc(-c2nnc3n2CCN(C(=O)OC(C)(C)C)C3)o1. The quantitative estimate of drug-likeness (QED) is 0.851. The van der Waals surface area contributed by atoms with Crippen molar-refractivity contribution in [2.75, 3.05) is 13.6 Å². The fourth-order valence-electron chi connectivity index (χ4n) is 2.72. The summed E-state index contributed by atoms with van der Waals surface area (Å²) >= 11 is 0. The average molecular weight is 397 g/mol. The Kier molecular flexibility index (Phi) is 4.86. The molecule has 152 valence electrons. The molecule has 2 amide bonds. The van der Waals surface area contributed by atoms with Gasteiger partial charge in [0.25, 0.3) is 5.91 Å². The predicted octanol–water partition coefficient (Wildman–Crippen LogP) is 2.13. The third-order valence-corrected chi connectivity index (χ3v) is 4.05. The highest BCUT2D eigenvalue weighted by molar-refractivity contribution is 5.83. The maximum absolute atomic E-state index is 14.0. The van der Waals surface area contributed by atoms with Crippen molar-refractivity contribution in [3.8, 4) is 11.6 Å². The number of carbonyl (C=O) groups is 2. The van der Waals surface area contributed by atoms with Gasteiger partial charge in [-0.3, -0.25) is 9.69 Å². The largest absolute Gasteiger partial charge is 0.451 e. The number of fused-ring (bicyclic) bond motifs is 1. The molecule has 0 radical (unpaired) electrons. The van der Waals surface area contributed by atoms with Crippen LogP contribution in [0.15, 0.2) is 16.5 Å². The Morgan fingerprint density at radius 3 is 2.57 bits per heavy atom. The van der Waals surface area contributed by atoms with E-state index in [1.54, 1.807) is 25.3 Å². The standard InChI is InChI=1S/C17H21F2N5O4/c1-16(2,3)28-15(26)23-7-8-24-12(9-23)21-22-13(24)10-5-6-11(27-10)17(18,19)14(25)20-4/h5-6H,7-9H2,1-4H3,(H,20,25). The summed E-state index contributed by atoms with van der Waals surface area (Å²) in [5.74, 6) is -5.27. The van der Waals surface area contributed by atoms with Crippen molar-refractivity contribution < 1.29 is 27.5 Å². The van der Waals surface area contributed by atoms with Crippen molar-refractivity contribution in [1.29, 1.82) is 0 Å². The van der Waals surface area contributed by atoms with Crippen LogP contribution in [0.5, 0.6) is 0 Å². The molecule has 0 aromatic carbocycles. The summed E-state index contributed by atoms with van der Waals surface area (Å²) in [5, 5.41) is 9.91. The van der Waals surface area contributed by atoms with E-state index in [4.69, 9.17) is 9.15 Å². The Morgan fingerprint density at radius 1 is 1.21 bits per heavy atom. The number of hydrogen-bond donors (Lipinski definition) is 1. The molecule has 0 spiro atoms. The van der Waals surface area contributed by atoms with E-state index in [1.807, 2.05) is 5.32 Å². The summed E-state index contributed by atoms with van der Waals surface area (Å²) in [4.78, 5) is 25.1. The number of rotatable bonds is 3. The Morgan fingerprint density at radius 2 is 1.93 bits per heavy atom. The van der Waals surface area contributed by atoms with E-state index in [0.29, 0.717) is 18.9 Å². The minimum Gasteiger partial charge on any atom is -0.451 e. The zero-order chi connectivity index (χ0) is 20.7.